The molecule has 1 aliphatic rings. The Morgan fingerprint density at radius 3 is 2.57 bits per heavy atom. The maximum Gasteiger partial charge on any atom is 0.242 e. The Bertz CT molecular complexity index is 691. The first-order valence-electron chi connectivity index (χ1n) is 6.98. The molecule has 0 unspecified atom stereocenters. The average molecular weight is 322 g/mol. The van der Waals surface area contributed by atoms with Crippen LogP contribution in [0, 0.1) is 0 Å². The molecule has 0 saturated heterocycles. The fourth-order valence-corrected chi connectivity index (χ4v) is 4.48. The molecule has 4 nitrogen and oxygen atoms in total. The summed E-state index contributed by atoms with van der Waals surface area (Å²) in [5, 5.41) is 5.20. The SMILES string of the molecule is O=S(=O)(NCc1ccccc1)c1ccsc1CNC1CC1. The van der Waals surface area contributed by atoms with Crippen LogP contribution in [0.5, 0.6) is 0 Å². The highest BCUT2D eigenvalue weighted by atomic mass is 32.2. The maximum absolute atomic E-state index is 12.4. The fraction of sp³-hybridized carbons (Fsp3) is 0.333. The van der Waals surface area contributed by atoms with Crippen LogP contribution in [0.25, 0.3) is 0 Å². The smallest absolute Gasteiger partial charge is 0.242 e. The summed E-state index contributed by atoms with van der Waals surface area (Å²) in [6.45, 7) is 0.943. The van der Waals surface area contributed by atoms with Gasteiger partial charge in [-0.25, -0.2) is 13.1 Å². The van der Waals surface area contributed by atoms with E-state index in [1.165, 1.54) is 24.2 Å². The van der Waals surface area contributed by atoms with Gasteiger partial charge >= 0.3 is 0 Å². The van der Waals surface area contributed by atoms with Gasteiger partial charge in [-0.3, -0.25) is 0 Å². The molecule has 1 aliphatic carbocycles. The highest BCUT2D eigenvalue weighted by Crippen LogP contribution is 2.24. The third-order valence-electron chi connectivity index (χ3n) is 3.43. The van der Waals surface area contributed by atoms with E-state index in [0.717, 1.165) is 10.4 Å². The molecule has 21 heavy (non-hydrogen) atoms. The van der Waals surface area contributed by atoms with Gasteiger partial charge in [0.1, 0.15) is 0 Å². The van der Waals surface area contributed by atoms with Crippen molar-refractivity contribution in [1.82, 2.24) is 10.0 Å². The van der Waals surface area contributed by atoms with Gasteiger partial charge in [0.15, 0.2) is 0 Å². The van der Waals surface area contributed by atoms with Gasteiger partial charge in [-0.2, -0.15) is 0 Å². The molecule has 6 heteroatoms. The van der Waals surface area contributed by atoms with Crippen LogP contribution in [0.15, 0.2) is 46.7 Å². The van der Waals surface area contributed by atoms with Crippen LogP contribution in [0.4, 0.5) is 0 Å². The van der Waals surface area contributed by atoms with Crippen molar-refractivity contribution in [3.63, 3.8) is 0 Å². The molecular weight excluding hydrogens is 304 g/mol. The molecule has 1 heterocycles. The molecule has 1 aromatic carbocycles. The van der Waals surface area contributed by atoms with E-state index in [2.05, 4.69) is 10.0 Å². The van der Waals surface area contributed by atoms with E-state index in [0.29, 0.717) is 24.0 Å². The van der Waals surface area contributed by atoms with E-state index >= 15 is 0 Å². The minimum Gasteiger partial charge on any atom is -0.309 e. The zero-order valence-electron chi connectivity index (χ0n) is 11.6. The molecule has 1 aromatic heterocycles. The van der Waals surface area contributed by atoms with Crippen LogP contribution in [0.2, 0.25) is 0 Å². The standard InChI is InChI=1S/C15H18N2O2S2/c18-21(19,17-10-12-4-2-1-3-5-12)15-8-9-20-14(15)11-16-13-6-7-13/h1-5,8-9,13,16-17H,6-7,10-11H2. The molecule has 0 spiro atoms. The summed E-state index contributed by atoms with van der Waals surface area (Å²) >= 11 is 1.49. The molecule has 0 bridgehead atoms. The molecule has 0 atom stereocenters. The van der Waals surface area contributed by atoms with Crippen molar-refractivity contribution in [1.29, 1.82) is 0 Å². The Kier molecular flexibility index (Phi) is 4.40. The summed E-state index contributed by atoms with van der Waals surface area (Å²) in [5.74, 6) is 0. The third-order valence-corrected chi connectivity index (χ3v) is 5.97. The summed E-state index contributed by atoms with van der Waals surface area (Å²) in [5.41, 5.74) is 0.953. The van der Waals surface area contributed by atoms with Crippen molar-refractivity contribution in [3.8, 4) is 0 Å². The summed E-state index contributed by atoms with van der Waals surface area (Å²) in [7, 11) is -3.45. The van der Waals surface area contributed by atoms with Gasteiger partial charge in [-0.05, 0) is 29.9 Å². The highest BCUT2D eigenvalue weighted by molar-refractivity contribution is 7.89. The Balaban J connectivity index is 1.67. The number of sulfonamides is 1. The Morgan fingerprint density at radius 2 is 1.86 bits per heavy atom. The number of rotatable bonds is 7. The van der Waals surface area contributed by atoms with E-state index in [4.69, 9.17) is 0 Å². The van der Waals surface area contributed by atoms with E-state index in [-0.39, 0.29) is 0 Å². The van der Waals surface area contributed by atoms with Crippen molar-refractivity contribution in [2.75, 3.05) is 0 Å². The van der Waals surface area contributed by atoms with E-state index in [1.54, 1.807) is 6.07 Å². The summed E-state index contributed by atoms with van der Waals surface area (Å²) < 4.78 is 27.5. The molecular formula is C15H18N2O2S2. The number of nitrogens with one attached hydrogen (secondary N) is 2. The number of hydrogen-bond donors (Lipinski definition) is 2. The van der Waals surface area contributed by atoms with Gasteiger partial charge in [0.2, 0.25) is 10.0 Å². The highest BCUT2D eigenvalue weighted by Gasteiger charge is 2.23. The van der Waals surface area contributed by atoms with E-state index in [1.807, 2.05) is 35.7 Å². The number of hydrogen-bond acceptors (Lipinski definition) is 4. The molecule has 1 fully saturated rings. The first kappa shape index (κ1) is 14.7. The van der Waals surface area contributed by atoms with Crippen molar-refractivity contribution in [2.24, 2.45) is 0 Å². The summed E-state index contributed by atoms with van der Waals surface area (Å²) in [6, 6.07) is 11.8. The lowest BCUT2D eigenvalue weighted by molar-refractivity contribution is 0.579. The van der Waals surface area contributed by atoms with Gasteiger partial charge < -0.3 is 5.32 Å². The molecule has 2 N–H and O–H groups in total. The largest absolute Gasteiger partial charge is 0.309 e. The van der Waals surface area contributed by atoms with E-state index in [9.17, 15) is 8.42 Å². The van der Waals surface area contributed by atoms with Crippen LogP contribution in [0.1, 0.15) is 23.3 Å². The predicted octanol–water partition coefficient (Wildman–Crippen LogP) is 2.48. The van der Waals surface area contributed by atoms with Crippen LogP contribution >= 0.6 is 11.3 Å². The van der Waals surface area contributed by atoms with Crippen LogP contribution in [0.3, 0.4) is 0 Å². The molecule has 0 amide bonds. The Morgan fingerprint density at radius 1 is 1.10 bits per heavy atom. The van der Waals surface area contributed by atoms with Gasteiger partial charge in [-0.1, -0.05) is 30.3 Å². The zero-order chi connectivity index (χ0) is 14.7. The van der Waals surface area contributed by atoms with Crippen molar-refractivity contribution in [2.45, 2.75) is 36.9 Å². The average Bonchev–Trinajstić information content (AvgIpc) is 3.20. The topological polar surface area (TPSA) is 58.2 Å². The van der Waals surface area contributed by atoms with Gasteiger partial charge in [0.25, 0.3) is 0 Å². The lowest BCUT2D eigenvalue weighted by atomic mass is 10.2. The first-order chi connectivity index (χ1) is 10.1. The van der Waals surface area contributed by atoms with Gasteiger partial charge in [0.05, 0.1) is 4.90 Å². The van der Waals surface area contributed by atoms with Crippen LogP contribution in [-0.4, -0.2) is 14.5 Å². The molecule has 3 rings (SSSR count). The maximum atomic E-state index is 12.4. The Labute approximate surface area is 129 Å². The third kappa shape index (κ3) is 3.91. The van der Waals surface area contributed by atoms with E-state index < -0.39 is 10.0 Å². The predicted molar refractivity (Wildman–Crippen MR) is 84.6 cm³/mol. The second-order valence-corrected chi connectivity index (χ2v) is 7.91. The number of benzene rings is 1. The normalized spacial score (nSPS) is 15.2. The number of thiophene rings is 1. The lowest BCUT2D eigenvalue weighted by Gasteiger charge is -2.08. The molecule has 0 aliphatic heterocycles. The van der Waals surface area contributed by atoms with Crippen molar-refractivity contribution < 1.29 is 8.42 Å². The summed E-state index contributed by atoms with van der Waals surface area (Å²) in [6.07, 6.45) is 2.39. The second-order valence-electron chi connectivity index (χ2n) is 5.17. The summed E-state index contributed by atoms with van der Waals surface area (Å²) in [4.78, 5) is 1.28. The minimum absolute atomic E-state index is 0.314. The van der Waals surface area contributed by atoms with Crippen molar-refractivity contribution >= 4 is 21.4 Å². The minimum atomic E-state index is -3.45. The van der Waals surface area contributed by atoms with Gasteiger partial charge in [-0.15, -0.1) is 11.3 Å². The lowest BCUT2D eigenvalue weighted by Crippen LogP contribution is -2.25. The molecule has 1 saturated carbocycles. The zero-order valence-corrected chi connectivity index (χ0v) is 13.2. The van der Waals surface area contributed by atoms with Gasteiger partial charge in [0, 0.05) is 24.0 Å². The molecule has 0 radical (unpaired) electrons. The fourth-order valence-electron chi connectivity index (χ4n) is 2.07. The van der Waals surface area contributed by atoms with Crippen molar-refractivity contribution in [3.05, 3.63) is 52.2 Å². The second kappa shape index (κ2) is 6.27. The monoisotopic (exact) mass is 322 g/mol. The quantitative estimate of drug-likeness (QED) is 0.823. The van der Waals surface area contributed by atoms with Crippen LogP contribution < -0.4 is 10.0 Å². The first-order valence-corrected chi connectivity index (χ1v) is 9.35. The molecule has 2 aromatic rings. The molecule has 112 valence electrons. The Hall–Kier alpha value is -1.21. The van der Waals surface area contributed by atoms with Crippen LogP contribution in [-0.2, 0) is 23.1 Å².